The van der Waals surface area contributed by atoms with Crippen LogP contribution in [0, 0.1) is 0 Å². The molecule has 1 aliphatic rings. The predicted octanol–water partition coefficient (Wildman–Crippen LogP) is 2.43. The summed E-state index contributed by atoms with van der Waals surface area (Å²) >= 11 is 6.07. The Morgan fingerprint density at radius 3 is 2.79 bits per heavy atom. The van der Waals surface area contributed by atoms with Crippen molar-refractivity contribution in [3.63, 3.8) is 0 Å². The van der Waals surface area contributed by atoms with Crippen molar-refractivity contribution in [1.82, 2.24) is 5.43 Å². The fraction of sp³-hybridized carbons (Fsp3) is 0.571. The maximum Gasteiger partial charge on any atom is 0.0932 e. The van der Waals surface area contributed by atoms with Crippen molar-refractivity contribution in [2.45, 2.75) is 31.4 Å². The van der Waals surface area contributed by atoms with Crippen LogP contribution in [0.1, 0.15) is 31.4 Å². The summed E-state index contributed by atoms with van der Waals surface area (Å²) in [6.45, 7) is 4.04. The highest BCUT2D eigenvalue weighted by atomic mass is 35.5. The monoisotopic (exact) mass is 284 g/mol. The summed E-state index contributed by atoms with van der Waals surface area (Å²) in [5.41, 5.74) is 3.62. The van der Waals surface area contributed by atoms with E-state index in [0.29, 0.717) is 24.8 Å². The molecular weight excluding hydrogens is 264 g/mol. The lowest BCUT2D eigenvalue weighted by Gasteiger charge is -2.43. The molecule has 1 unspecified atom stereocenters. The molecule has 3 N–H and O–H groups in total. The number of rotatable bonds is 5. The van der Waals surface area contributed by atoms with Crippen molar-refractivity contribution in [2.24, 2.45) is 5.84 Å². The summed E-state index contributed by atoms with van der Waals surface area (Å²) in [5.74, 6) is 5.79. The molecule has 1 saturated heterocycles. The molecule has 0 spiro atoms. The first kappa shape index (κ1) is 14.8. The second kappa shape index (κ2) is 6.68. The van der Waals surface area contributed by atoms with Crippen molar-refractivity contribution in [2.75, 3.05) is 19.8 Å². The maximum absolute atomic E-state index is 6.07. The average Bonchev–Trinajstić information content (AvgIpc) is 2.41. The van der Waals surface area contributed by atoms with E-state index in [1.165, 1.54) is 0 Å². The Labute approximate surface area is 119 Å². The number of hydrazine groups is 1. The van der Waals surface area contributed by atoms with Gasteiger partial charge < -0.3 is 9.47 Å². The molecule has 1 aromatic carbocycles. The highest BCUT2D eigenvalue weighted by Crippen LogP contribution is 2.38. The first-order valence-electron chi connectivity index (χ1n) is 6.65. The fourth-order valence-corrected chi connectivity index (χ4v) is 2.96. The minimum atomic E-state index is -0.327. The van der Waals surface area contributed by atoms with Crippen molar-refractivity contribution >= 4 is 11.6 Å². The van der Waals surface area contributed by atoms with Gasteiger partial charge in [0.1, 0.15) is 0 Å². The molecule has 0 bridgehead atoms. The minimum Gasteiger partial charge on any atom is -0.381 e. The normalized spacial score (nSPS) is 20.2. The summed E-state index contributed by atoms with van der Waals surface area (Å²) in [6.07, 6.45) is 1.64. The second-order valence-electron chi connectivity index (χ2n) is 4.76. The Morgan fingerprint density at radius 2 is 2.21 bits per heavy atom. The van der Waals surface area contributed by atoms with Crippen LogP contribution in [-0.4, -0.2) is 25.4 Å². The van der Waals surface area contributed by atoms with Gasteiger partial charge in [0.2, 0.25) is 0 Å². The summed E-state index contributed by atoms with van der Waals surface area (Å²) in [6, 6.07) is 7.65. The lowest BCUT2D eigenvalue weighted by molar-refractivity contribution is -0.128. The van der Waals surface area contributed by atoms with E-state index in [1.54, 1.807) is 0 Å². The number of hydrogen-bond donors (Lipinski definition) is 2. The van der Waals surface area contributed by atoms with Crippen LogP contribution < -0.4 is 11.3 Å². The van der Waals surface area contributed by atoms with Gasteiger partial charge in [0, 0.05) is 37.7 Å². The largest absolute Gasteiger partial charge is 0.381 e. The van der Waals surface area contributed by atoms with Gasteiger partial charge in [-0.15, -0.1) is 0 Å². The summed E-state index contributed by atoms with van der Waals surface area (Å²) < 4.78 is 11.5. The molecule has 1 atom stereocenters. The van der Waals surface area contributed by atoms with Gasteiger partial charge in [0.05, 0.1) is 11.6 Å². The lowest BCUT2D eigenvalue weighted by atomic mass is 9.82. The Hall–Kier alpha value is -0.650. The molecule has 2 rings (SSSR count). The molecule has 1 heterocycles. The molecule has 106 valence electrons. The smallest absolute Gasteiger partial charge is 0.0932 e. The van der Waals surface area contributed by atoms with Crippen molar-refractivity contribution < 1.29 is 9.47 Å². The average molecular weight is 285 g/mol. The van der Waals surface area contributed by atoms with Crippen LogP contribution in [0.3, 0.4) is 0 Å². The zero-order chi connectivity index (χ0) is 13.7. The SMILES string of the molecule is CCOC1(C(NN)c2cccc(Cl)c2)CCOCC1. The zero-order valence-electron chi connectivity index (χ0n) is 11.2. The summed E-state index contributed by atoms with van der Waals surface area (Å²) in [7, 11) is 0. The van der Waals surface area contributed by atoms with E-state index in [1.807, 2.05) is 31.2 Å². The van der Waals surface area contributed by atoms with E-state index in [2.05, 4.69) is 5.43 Å². The van der Waals surface area contributed by atoms with Gasteiger partial charge in [-0.1, -0.05) is 23.7 Å². The Kier molecular flexibility index (Phi) is 5.19. The molecule has 1 aromatic rings. The Balaban J connectivity index is 2.31. The molecular formula is C14H21ClN2O2. The molecule has 1 fully saturated rings. The quantitative estimate of drug-likeness (QED) is 0.644. The molecule has 19 heavy (non-hydrogen) atoms. The molecule has 4 nitrogen and oxygen atoms in total. The van der Waals surface area contributed by atoms with Gasteiger partial charge in [-0.3, -0.25) is 11.3 Å². The Bertz CT molecular complexity index is 403. The number of hydrogen-bond acceptors (Lipinski definition) is 4. The van der Waals surface area contributed by atoms with E-state index in [9.17, 15) is 0 Å². The molecule has 0 radical (unpaired) electrons. The van der Waals surface area contributed by atoms with Crippen molar-refractivity contribution in [3.05, 3.63) is 34.9 Å². The number of ether oxygens (including phenoxy) is 2. The standard InChI is InChI=1S/C14H21ClN2O2/c1-2-19-14(6-8-18-9-7-14)13(17-16)11-4-3-5-12(15)10-11/h3-5,10,13,17H,2,6-9,16H2,1H3. The first-order valence-corrected chi connectivity index (χ1v) is 7.03. The zero-order valence-corrected chi connectivity index (χ0v) is 12.0. The molecule has 1 aliphatic heterocycles. The maximum atomic E-state index is 6.07. The van der Waals surface area contributed by atoms with Crippen LogP contribution in [0.4, 0.5) is 0 Å². The highest BCUT2D eigenvalue weighted by molar-refractivity contribution is 6.30. The third kappa shape index (κ3) is 3.27. The molecule has 5 heteroatoms. The Morgan fingerprint density at radius 1 is 1.47 bits per heavy atom. The molecule has 0 aliphatic carbocycles. The van der Waals surface area contributed by atoms with Gasteiger partial charge >= 0.3 is 0 Å². The third-order valence-electron chi connectivity index (χ3n) is 3.65. The third-order valence-corrected chi connectivity index (χ3v) is 3.88. The summed E-state index contributed by atoms with van der Waals surface area (Å²) in [4.78, 5) is 0. The lowest BCUT2D eigenvalue weighted by Crippen LogP contribution is -2.51. The number of benzene rings is 1. The van der Waals surface area contributed by atoms with Gasteiger partial charge in [-0.25, -0.2) is 0 Å². The second-order valence-corrected chi connectivity index (χ2v) is 5.20. The van der Waals surface area contributed by atoms with Crippen molar-refractivity contribution in [1.29, 1.82) is 0 Å². The van der Waals surface area contributed by atoms with Gasteiger partial charge in [-0.2, -0.15) is 0 Å². The first-order chi connectivity index (χ1) is 9.22. The summed E-state index contributed by atoms with van der Waals surface area (Å²) in [5, 5.41) is 0.705. The molecule has 0 amide bonds. The number of nitrogens with two attached hydrogens (primary N) is 1. The van der Waals surface area contributed by atoms with Gasteiger partial charge in [0.15, 0.2) is 0 Å². The van der Waals surface area contributed by atoms with Crippen LogP contribution in [0.15, 0.2) is 24.3 Å². The van der Waals surface area contributed by atoms with Crippen molar-refractivity contribution in [3.8, 4) is 0 Å². The predicted molar refractivity (Wildman–Crippen MR) is 75.9 cm³/mol. The number of halogens is 1. The fourth-order valence-electron chi connectivity index (χ4n) is 2.76. The highest BCUT2D eigenvalue weighted by Gasteiger charge is 2.41. The van der Waals surface area contributed by atoms with E-state index in [0.717, 1.165) is 18.4 Å². The van der Waals surface area contributed by atoms with E-state index < -0.39 is 0 Å². The van der Waals surface area contributed by atoms with Crippen LogP contribution in [0.2, 0.25) is 5.02 Å². The topological polar surface area (TPSA) is 56.5 Å². The van der Waals surface area contributed by atoms with Crippen LogP contribution in [-0.2, 0) is 9.47 Å². The van der Waals surface area contributed by atoms with E-state index in [-0.39, 0.29) is 11.6 Å². The number of nitrogens with one attached hydrogen (secondary N) is 1. The van der Waals surface area contributed by atoms with Crippen LogP contribution in [0.25, 0.3) is 0 Å². The van der Waals surface area contributed by atoms with Gasteiger partial charge in [-0.05, 0) is 24.6 Å². The molecule has 0 saturated carbocycles. The minimum absolute atomic E-state index is 0.0879. The molecule has 0 aromatic heterocycles. The van der Waals surface area contributed by atoms with Gasteiger partial charge in [0.25, 0.3) is 0 Å². The van der Waals surface area contributed by atoms with Crippen LogP contribution >= 0.6 is 11.6 Å². The van der Waals surface area contributed by atoms with E-state index in [4.69, 9.17) is 26.9 Å². The van der Waals surface area contributed by atoms with Crippen LogP contribution in [0.5, 0.6) is 0 Å². The van der Waals surface area contributed by atoms with E-state index >= 15 is 0 Å².